The van der Waals surface area contributed by atoms with Gasteiger partial charge in [-0.05, 0) is 25.2 Å². The second kappa shape index (κ2) is 4.42. The first kappa shape index (κ1) is 13.0. The zero-order valence-corrected chi connectivity index (χ0v) is 12.3. The molecule has 5 heteroatoms. The molecule has 112 valence electrons. The summed E-state index contributed by atoms with van der Waals surface area (Å²) in [5, 5.41) is 10.00. The molecular weight excluding hydrogens is 254 g/mol. The lowest BCUT2D eigenvalue weighted by Gasteiger charge is -2.61. The summed E-state index contributed by atoms with van der Waals surface area (Å²) < 4.78 is 0. The number of nitrogens with zero attached hydrogens (tertiary/aromatic N) is 3. The largest absolute Gasteiger partial charge is 0.392 e. The number of aliphatic hydroxyl groups excluding tert-OH is 1. The summed E-state index contributed by atoms with van der Waals surface area (Å²) >= 11 is 0. The van der Waals surface area contributed by atoms with Crippen molar-refractivity contribution in [1.82, 2.24) is 14.7 Å². The summed E-state index contributed by atoms with van der Waals surface area (Å²) in [5.74, 6) is 1.12. The minimum absolute atomic E-state index is 0.126. The van der Waals surface area contributed by atoms with Gasteiger partial charge in [-0.15, -0.1) is 0 Å². The van der Waals surface area contributed by atoms with E-state index in [1.807, 2.05) is 4.90 Å². The van der Waals surface area contributed by atoms with E-state index in [9.17, 15) is 9.90 Å². The second-order valence-electron chi connectivity index (χ2n) is 7.43. The third-order valence-electron chi connectivity index (χ3n) is 5.61. The first-order valence-electron chi connectivity index (χ1n) is 7.98. The lowest BCUT2D eigenvalue weighted by molar-refractivity contribution is -0.148. The molecule has 1 N–H and O–H groups in total. The Morgan fingerprint density at radius 1 is 1.25 bits per heavy atom. The van der Waals surface area contributed by atoms with Crippen molar-refractivity contribution < 1.29 is 9.90 Å². The molecule has 3 aliphatic heterocycles. The van der Waals surface area contributed by atoms with Gasteiger partial charge in [-0.2, -0.15) is 0 Å². The Bertz CT molecular complexity index is 417. The Morgan fingerprint density at radius 3 is 2.65 bits per heavy atom. The fourth-order valence-electron chi connectivity index (χ4n) is 4.51. The van der Waals surface area contributed by atoms with Gasteiger partial charge < -0.3 is 10.0 Å². The first-order chi connectivity index (χ1) is 9.56. The van der Waals surface area contributed by atoms with Crippen LogP contribution < -0.4 is 0 Å². The number of aliphatic hydroxyl groups is 1. The molecule has 2 atom stereocenters. The zero-order chi connectivity index (χ0) is 13.9. The Hall–Kier alpha value is -0.650. The van der Waals surface area contributed by atoms with Gasteiger partial charge in [-0.25, -0.2) is 0 Å². The fourth-order valence-corrected chi connectivity index (χ4v) is 4.51. The molecule has 3 heterocycles. The molecule has 4 aliphatic rings. The smallest absolute Gasteiger partial charge is 0.219 e. The third kappa shape index (κ3) is 2.07. The maximum atomic E-state index is 11.8. The van der Waals surface area contributed by atoms with Gasteiger partial charge in [-0.3, -0.25) is 14.6 Å². The second-order valence-corrected chi connectivity index (χ2v) is 7.43. The standard InChI is InChI=1S/C15H25N3O2/c1-11(19)17-6-13-4-14(20)7-18(13)15(10-17)8-16(9-15)5-12-2-3-12/h12-14,20H,2-10H2,1H3. The molecule has 4 rings (SSSR count). The summed E-state index contributed by atoms with van der Waals surface area (Å²) in [6.45, 7) is 7.53. The number of hydrogen-bond donors (Lipinski definition) is 1. The highest BCUT2D eigenvalue weighted by Gasteiger charge is 2.56. The van der Waals surface area contributed by atoms with Gasteiger partial charge in [-0.1, -0.05) is 0 Å². The molecular formula is C15H25N3O2. The van der Waals surface area contributed by atoms with E-state index in [-0.39, 0.29) is 17.6 Å². The van der Waals surface area contributed by atoms with Crippen LogP contribution in [-0.2, 0) is 4.79 Å². The van der Waals surface area contributed by atoms with Crippen LogP contribution in [0.5, 0.6) is 0 Å². The number of amides is 1. The van der Waals surface area contributed by atoms with Gasteiger partial charge in [0, 0.05) is 52.2 Å². The summed E-state index contributed by atoms with van der Waals surface area (Å²) in [6.07, 6.45) is 3.41. The summed E-state index contributed by atoms with van der Waals surface area (Å²) in [7, 11) is 0. The number of carbonyl (C=O) groups excluding carboxylic acids is 1. The van der Waals surface area contributed by atoms with E-state index in [1.54, 1.807) is 6.92 Å². The highest BCUT2D eigenvalue weighted by Crippen LogP contribution is 2.41. The minimum Gasteiger partial charge on any atom is -0.392 e. The van der Waals surface area contributed by atoms with E-state index in [0.29, 0.717) is 6.04 Å². The van der Waals surface area contributed by atoms with Crippen molar-refractivity contribution in [2.45, 2.75) is 43.9 Å². The zero-order valence-electron chi connectivity index (χ0n) is 12.3. The van der Waals surface area contributed by atoms with Crippen molar-refractivity contribution in [1.29, 1.82) is 0 Å². The van der Waals surface area contributed by atoms with Crippen LogP contribution >= 0.6 is 0 Å². The van der Waals surface area contributed by atoms with E-state index in [2.05, 4.69) is 9.80 Å². The fraction of sp³-hybridized carbons (Fsp3) is 0.933. The molecule has 0 aromatic heterocycles. The van der Waals surface area contributed by atoms with Crippen molar-refractivity contribution in [3.63, 3.8) is 0 Å². The number of rotatable bonds is 2. The maximum Gasteiger partial charge on any atom is 0.219 e. The monoisotopic (exact) mass is 279 g/mol. The van der Waals surface area contributed by atoms with Crippen LogP contribution in [0.1, 0.15) is 26.2 Å². The number of hydrogen-bond acceptors (Lipinski definition) is 4. The normalized spacial score (nSPS) is 37.0. The molecule has 0 aromatic rings. The Labute approximate surface area is 120 Å². The van der Waals surface area contributed by atoms with E-state index in [4.69, 9.17) is 0 Å². The average Bonchev–Trinajstić information content (AvgIpc) is 3.06. The topological polar surface area (TPSA) is 47.0 Å². The average molecular weight is 279 g/mol. The molecule has 3 saturated heterocycles. The maximum absolute atomic E-state index is 11.8. The number of likely N-dealkylation sites (tertiary alicyclic amines) is 1. The van der Waals surface area contributed by atoms with E-state index < -0.39 is 0 Å². The lowest BCUT2D eigenvalue weighted by atomic mass is 9.83. The van der Waals surface area contributed by atoms with Crippen molar-refractivity contribution in [3.05, 3.63) is 0 Å². The highest BCUT2D eigenvalue weighted by atomic mass is 16.3. The van der Waals surface area contributed by atoms with Crippen LogP contribution in [0.3, 0.4) is 0 Å². The van der Waals surface area contributed by atoms with Crippen LogP contribution in [-0.4, -0.2) is 82.7 Å². The molecule has 5 nitrogen and oxygen atoms in total. The van der Waals surface area contributed by atoms with Crippen LogP contribution in [0.4, 0.5) is 0 Å². The summed E-state index contributed by atoms with van der Waals surface area (Å²) in [6, 6.07) is 0.366. The van der Waals surface area contributed by atoms with E-state index in [0.717, 1.165) is 45.1 Å². The predicted molar refractivity (Wildman–Crippen MR) is 75.3 cm³/mol. The molecule has 1 amide bonds. The highest BCUT2D eigenvalue weighted by molar-refractivity contribution is 5.73. The van der Waals surface area contributed by atoms with Gasteiger partial charge in [0.2, 0.25) is 5.91 Å². The van der Waals surface area contributed by atoms with Gasteiger partial charge in [0.1, 0.15) is 0 Å². The molecule has 2 unspecified atom stereocenters. The van der Waals surface area contributed by atoms with Crippen LogP contribution in [0.15, 0.2) is 0 Å². The van der Waals surface area contributed by atoms with Crippen molar-refractivity contribution in [3.8, 4) is 0 Å². The van der Waals surface area contributed by atoms with Crippen LogP contribution in [0.2, 0.25) is 0 Å². The van der Waals surface area contributed by atoms with E-state index in [1.165, 1.54) is 19.4 Å². The Morgan fingerprint density at radius 2 is 2.00 bits per heavy atom. The van der Waals surface area contributed by atoms with Crippen LogP contribution in [0.25, 0.3) is 0 Å². The van der Waals surface area contributed by atoms with Crippen molar-refractivity contribution >= 4 is 5.91 Å². The number of β-amino-alcohol motifs (C(OH)–C–C–N with tert-alkyl or cyclic N) is 1. The van der Waals surface area contributed by atoms with E-state index >= 15 is 0 Å². The van der Waals surface area contributed by atoms with Gasteiger partial charge in [0.25, 0.3) is 0 Å². The molecule has 1 aliphatic carbocycles. The van der Waals surface area contributed by atoms with Gasteiger partial charge >= 0.3 is 0 Å². The predicted octanol–water partition coefficient (Wildman–Crippen LogP) is -0.252. The lowest BCUT2D eigenvalue weighted by Crippen LogP contribution is -2.78. The Kier molecular flexibility index (Phi) is 2.88. The van der Waals surface area contributed by atoms with Gasteiger partial charge in [0.15, 0.2) is 0 Å². The first-order valence-corrected chi connectivity index (χ1v) is 7.98. The van der Waals surface area contributed by atoms with Crippen molar-refractivity contribution in [2.75, 3.05) is 39.3 Å². The third-order valence-corrected chi connectivity index (χ3v) is 5.61. The van der Waals surface area contributed by atoms with Crippen molar-refractivity contribution in [2.24, 2.45) is 5.92 Å². The number of fused-ring (bicyclic) bond motifs is 2. The minimum atomic E-state index is -0.207. The summed E-state index contributed by atoms with van der Waals surface area (Å²) in [5.41, 5.74) is 0.126. The van der Waals surface area contributed by atoms with Gasteiger partial charge in [0.05, 0.1) is 11.6 Å². The number of carbonyl (C=O) groups is 1. The quantitative estimate of drug-likeness (QED) is 0.757. The molecule has 20 heavy (non-hydrogen) atoms. The summed E-state index contributed by atoms with van der Waals surface area (Å²) in [4.78, 5) is 18.9. The SMILES string of the molecule is CC(=O)N1CC2CC(O)CN2C2(CN(CC3CC3)C2)C1. The number of piperazine rings is 1. The molecule has 0 bridgehead atoms. The molecule has 1 spiro atoms. The molecule has 0 radical (unpaired) electrons. The van der Waals surface area contributed by atoms with Crippen LogP contribution in [0, 0.1) is 5.92 Å². The molecule has 1 saturated carbocycles. The molecule has 4 fully saturated rings. The molecule has 0 aromatic carbocycles. The Balaban J connectivity index is 1.49.